The zero-order chi connectivity index (χ0) is 13.0. The summed E-state index contributed by atoms with van der Waals surface area (Å²) in [5.74, 6) is 0.632. The molecular weight excluding hydrogens is 246 g/mol. The van der Waals surface area contributed by atoms with Crippen molar-refractivity contribution in [2.45, 2.75) is 39.2 Å². The van der Waals surface area contributed by atoms with Crippen LogP contribution in [0, 0.1) is 12.8 Å². The van der Waals surface area contributed by atoms with E-state index < -0.39 is 0 Å². The highest BCUT2D eigenvalue weighted by atomic mass is 32.1. The Kier molecular flexibility index (Phi) is 4.72. The molecule has 1 fully saturated rings. The van der Waals surface area contributed by atoms with Crippen molar-refractivity contribution in [1.29, 1.82) is 0 Å². The SMILES string of the molecule is Cc1csc(C(C)NC(=O)CC2CCCNC2)n1. The molecule has 2 rings (SSSR count). The van der Waals surface area contributed by atoms with Crippen molar-refractivity contribution in [3.05, 3.63) is 16.1 Å². The van der Waals surface area contributed by atoms with Crippen molar-refractivity contribution in [2.24, 2.45) is 5.92 Å². The van der Waals surface area contributed by atoms with Crippen LogP contribution in [-0.2, 0) is 4.79 Å². The maximum Gasteiger partial charge on any atom is 0.220 e. The van der Waals surface area contributed by atoms with Crippen molar-refractivity contribution in [3.8, 4) is 0 Å². The number of thiazole rings is 1. The topological polar surface area (TPSA) is 54.0 Å². The molecule has 0 saturated carbocycles. The van der Waals surface area contributed by atoms with E-state index in [1.807, 2.05) is 19.2 Å². The number of hydrogen-bond donors (Lipinski definition) is 2. The summed E-state index contributed by atoms with van der Waals surface area (Å²) in [6, 6.07) is 0.0211. The van der Waals surface area contributed by atoms with Gasteiger partial charge < -0.3 is 10.6 Å². The summed E-state index contributed by atoms with van der Waals surface area (Å²) >= 11 is 1.61. The Hall–Kier alpha value is -0.940. The molecule has 2 N–H and O–H groups in total. The van der Waals surface area contributed by atoms with E-state index >= 15 is 0 Å². The van der Waals surface area contributed by atoms with Gasteiger partial charge >= 0.3 is 0 Å². The fourth-order valence-electron chi connectivity index (χ4n) is 2.29. The molecule has 18 heavy (non-hydrogen) atoms. The van der Waals surface area contributed by atoms with Gasteiger partial charge in [0.05, 0.1) is 6.04 Å². The number of aromatic nitrogens is 1. The van der Waals surface area contributed by atoms with E-state index in [1.54, 1.807) is 11.3 Å². The van der Waals surface area contributed by atoms with Gasteiger partial charge in [0, 0.05) is 17.5 Å². The molecule has 4 nitrogen and oxygen atoms in total. The van der Waals surface area contributed by atoms with E-state index in [9.17, 15) is 4.79 Å². The molecule has 1 aromatic heterocycles. The van der Waals surface area contributed by atoms with E-state index in [0.29, 0.717) is 12.3 Å². The second-order valence-electron chi connectivity index (χ2n) is 5.03. The maximum absolute atomic E-state index is 11.9. The molecular formula is C13H21N3OS. The first-order valence-corrected chi connectivity index (χ1v) is 7.45. The highest BCUT2D eigenvalue weighted by molar-refractivity contribution is 7.09. The Morgan fingerprint density at radius 3 is 3.17 bits per heavy atom. The van der Waals surface area contributed by atoms with Crippen molar-refractivity contribution in [2.75, 3.05) is 13.1 Å². The Labute approximate surface area is 112 Å². The number of hydrogen-bond acceptors (Lipinski definition) is 4. The fourth-order valence-corrected chi connectivity index (χ4v) is 3.10. The summed E-state index contributed by atoms with van der Waals surface area (Å²) in [6.45, 7) is 6.03. The average Bonchev–Trinajstić information content (AvgIpc) is 2.77. The van der Waals surface area contributed by atoms with Gasteiger partial charge in [-0.25, -0.2) is 4.98 Å². The largest absolute Gasteiger partial charge is 0.347 e. The van der Waals surface area contributed by atoms with Crippen LogP contribution in [0.25, 0.3) is 0 Å². The predicted octanol–water partition coefficient (Wildman–Crippen LogP) is 2.02. The Morgan fingerprint density at radius 1 is 1.72 bits per heavy atom. The number of piperidine rings is 1. The third-order valence-corrected chi connectivity index (χ3v) is 4.40. The van der Waals surface area contributed by atoms with Crippen LogP contribution < -0.4 is 10.6 Å². The van der Waals surface area contributed by atoms with E-state index in [1.165, 1.54) is 6.42 Å². The highest BCUT2D eigenvalue weighted by Gasteiger charge is 2.19. The van der Waals surface area contributed by atoms with Gasteiger partial charge in [-0.1, -0.05) is 0 Å². The van der Waals surface area contributed by atoms with Gasteiger partial charge in [0.15, 0.2) is 0 Å². The van der Waals surface area contributed by atoms with E-state index in [2.05, 4.69) is 15.6 Å². The highest BCUT2D eigenvalue weighted by Crippen LogP contribution is 2.19. The average molecular weight is 267 g/mol. The van der Waals surface area contributed by atoms with Crippen molar-refractivity contribution in [1.82, 2.24) is 15.6 Å². The summed E-state index contributed by atoms with van der Waals surface area (Å²) < 4.78 is 0. The van der Waals surface area contributed by atoms with Crippen LogP contribution >= 0.6 is 11.3 Å². The first-order chi connectivity index (χ1) is 8.65. The molecule has 0 aromatic carbocycles. The molecule has 1 aromatic rings. The Bertz CT molecular complexity index is 399. The summed E-state index contributed by atoms with van der Waals surface area (Å²) in [7, 11) is 0. The second kappa shape index (κ2) is 6.29. The zero-order valence-corrected chi connectivity index (χ0v) is 11.8. The van der Waals surface area contributed by atoms with E-state index in [4.69, 9.17) is 0 Å². The summed E-state index contributed by atoms with van der Waals surface area (Å²) in [6.07, 6.45) is 2.96. The molecule has 2 unspecified atom stereocenters. The lowest BCUT2D eigenvalue weighted by molar-refractivity contribution is -0.122. The zero-order valence-electron chi connectivity index (χ0n) is 11.0. The molecule has 1 aliphatic rings. The number of nitrogens with zero attached hydrogens (tertiary/aromatic N) is 1. The molecule has 0 bridgehead atoms. The quantitative estimate of drug-likeness (QED) is 0.877. The molecule has 1 aliphatic heterocycles. The number of carbonyl (C=O) groups is 1. The number of rotatable bonds is 4. The van der Waals surface area contributed by atoms with Crippen molar-refractivity contribution < 1.29 is 4.79 Å². The number of nitrogens with one attached hydrogen (secondary N) is 2. The van der Waals surface area contributed by atoms with Crippen LogP contribution in [0.15, 0.2) is 5.38 Å². The molecule has 2 heterocycles. The van der Waals surface area contributed by atoms with Crippen LogP contribution in [0.4, 0.5) is 0 Å². The van der Waals surface area contributed by atoms with Crippen LogP contribution in [0.1, 0.15) is 42.9 Å². The number of amides is 1. The number of carbonyl (C=O) groups excluding carboxylic acids is 1. The summed E-state index contributed by atoms with van der Waals surface area (Å²) in [4.78, 5) is 16.3. The van der Waals surface area contributed by atoms with E-state index in [0.717, 1.165) is 30.2 Å². The molecule has 1 amide bonds. The summed E-state index contributed by atoms with van der Waals surface area (Å²) in [5, 5.41) is 9.38. The van der Waals surface area contributed by atoms with Gasteiger partial charge in [-0.15, -0.1) is 11.3 Å². The first-order valence-electron chi connectivity index (χ1n) is 6.57. The molecule has 100 valence electrons. The van der Waals surface area contributed by atoms with E-state index in [-0.39, 0.29) is 11.9 Å². The van der Waals surface area contributed by atoms with Crippen molar-refractivity contribution >= 4 is 17.2 Å². The fraction of sp³-hybridized carbons (Fsp3) is 0.692. The maximum atomic E-state index is 11.9. The first kappa shape index (κ1) is 13.5. The van der Waals surface area contributed by atoms with Crippen LogP contribution in [0.3, 0.4) is 0 Å². The molecule has 5 heteroatoms. The Morgan fingerprint density at radius 2 is 2.56 bits per heavy atom. The van der Waals surface area contributed by atoms with Crippen LogP contribution in [-0.4, -0.2) is 24.0 Å². The molecule has 0 radical (unpaired) electrons. The lowest BCUT2D eigenvalue weighted by Crippen LogP contribution is -2.35. The van der Waals surface area contributed by atoms with Gasteiger partial charge in [-0.2, -0.15) is 0 Å². The third-order valence-electron chi connectivity index (χ3n) is 3.26. The lowest BCUT2D eigenvalue weighted by atomic mass is 9.96. The minimum absolute atomic E-state index is 0.0211. The minimum Gasteiger partial charge on any atom is -0.347 e. The van der Waals surface area contributed by atoms with Crippen molar-refractivity contribution in [3.63, 3.8) is 0 Å². The van der Waals surface area contributed by atoms with Crippen LogP contribution in [0.2, 0.25) is 0 Å². The van der Waals surface area contributed by atoms with Gasteiger partial charge in [-0.05, 0) is 45.7 Å². The normalized spacial score (nSPS) is 21.6. The number of aryl methyl sites for hydroxylation is 1. The predicted molar refractivity (Wildman–Crippen MR) is 73.6 cm³/mol. The van der Waals surface area contributed by atoms with Crippen LogP contribution in [0.5, 0.6) is 0 Å². The molecule has 0 aliphatic carbocycles. The Balaban J connectivity index is 1.79. The monoisotopic (exact) mass is 267 g/mol. The van der Waals surface area contributed by atoms with Gasteiger partial charge in [0.1, 0.15) is 5.01 Å². The van der Waals surface area contributed by atoms with Gasteiger partial charge in [-0.3, -0.25) is 4.79 Å². The molecule has 2 atom stereocenters. The standard InChI is InChI=1S/C13H21N3OS/c1-9-8-18-13(15-9)10(2)16-12(17)6-11-4-3-5-14-7-11/h8,10-11,14H,3-7H2,1-2H3,(H,16,17). The third kappa shape index (κ3) is 3.78. The summed E-state index contributed by atoms with van der Waals surface area (Å²) in [5.41, 5.74) is 1.02. The molecule has 1 saturated heterocycles. The second-order valence-corrected chi connectivity index (χ2v) is 5.92. The lowest BCUT2D eigenvalue weighted by Gasteiger charge is -2.22. The van der Waals surface area contributed by atoms with Gasteiger partial charge in [0.25, 0.3) is 0 Å². The molecule has 0 spiro atoms. The minimum atomic E-state index is 0.0211. The smallest absolute Gasteiger partial charge is 0.220 e. The van der Waals surface area contributed by atoms with Gasteiger partial charge in [0.2, 0.25) is 5.91 Å².